The molecule has 29 heavy (non-hydrogen) atoms. The summed E-state index contributed by atoms with van der Waals surface area (Å²) in [6, 6.07) is 16.9. The first-order chi connectivity index (χ1) is 14.1. The second-order valence-corrected chi connectivity index (χ2v) is 7.14. The number of carbonyl (C=O) groups is 1. The summed E-state index contributed by atoms with van der Waals surface area (Å²) >= 11 is 0. The number of carbonyl (C=O) groups excluding carboxylic acids is 1. The van der Waals surface area contributed by atoms with Crippen LogP contribution in [0.5, 0.6) is 11.5 Å². The molecule has 1 aliphatic rings. The van der Waals surface area contributed by atoms with Gasteiger partial charge in [-0.15, -0.1) is 0 Å². The Morgan fingerprint density at radius 1 is 0.966 bits per heavy atom. The molecule has 0 spiro atoms. The number of nitrogens with one attached hydrogen (secondary N) is 2. The first-order valence-electron chi connectivity index (χ1n) is 9.35. The number of hydrogen-bond donors (Lipinski definition) is 2. The lowest BCUT2D eigenvalue weighted by Crippen LogP contribution is -2.11. The first kappa shape index (κ1) is 17.3. The zero-order valence-corrected chi connectivity index (χ0v) is 16.1. The maximum absolute atomic E-state index is 12.5. The number of nitrogens with zero attached hydrogens (tertiary/aromatic N) is 1. The van der Waals surface area contributed by atoms with Crippen LogP contribution in [0, 0.1) is 13.8 Å². The van der Waals surface area contributed by atoms with Crippen LogP contribution in [0.15, 0.2) is 54.6 Å². The minimum atomic E-state index is -0.203. The first-order valence-corrected chi connectivity index (χ1v) is 9.35. The number of amides is 1. The summed E-state index contributed by atoms with van der Waals surface area (Å²) in [4.78, 5) is 20.6. The SMILES string of the molecule is Cc1cc2nc(-c3ccc(NC(=O)c4ccc5c(c4)OCO5)cc3)[nH]c2cc1C. The molecule has 6 nitrogen and oxygen atoms in total. The van der Waals surface area contributed by atoms with E-state index in [0.717, 1.165) is 22.4 Å². The van der Waals surface area contributed by atoms with Crippen LogP contribution in [0.4, 0.5) is 5.69 Å². The third kappa shape index (κ3) is 3.18. The lowest BCUT2D eigenvalue weighted by molar-refractivity contribution is 0.102. The maximum Gasteiger partial charge on any atom is 0.255 e. The van der Waals surface area contributed by atoms with Crippen LogP contribution >= 0.6 is 0 Å². The predicted molar refractivity (Wildman–Crippen MR) is 112 cm³/mol. The van der Waals surface area contributed by atoms with Crippen LogP contribution in [-0.2, 0) is 0 Å². The Bertz CT molecular complexity index is 1200. The van der Waals surface area contributed by atoms with Gasteiger partial charge in [0.25, 0.3) is 5.91 Å². The Kier molecular flexibility index (Phi) is 3.98. The number of aromatic nitrogens is 2. The molecule has 0 unspecified atom stereocenters. The summed E-state index contributed by atoms with van der Waals surface area (Å²) in [5.41, 5.74) is 6.59. The highest BCUT2D eigenvalue weighted by Crippen LogP contribution is 2.32. The van der Waals surface area contributed by atoms with E-state index < -0.39 is 0 Å². The molecule has 4 aromatic rings. The van der Waals surface area contributed by atoms with Crippen molar-refractivity contribution in [3.8, 4) is 22.9 Å². The van der Waals surface area contributed by atoms with E-state index in [1.807, 2.05) is 24.3 Å². The van der Waals surface area contributed by atoms with Gasteiger partial charge in [-0.3, -0.25) is 4.79 Å². The predicted octanol–water partition coefficient (Wildman–Crippen LogP) is 4.83. The number of fused-ring (bicyclic) bond motifs is 2. The van der Waals surface area contributed by atoms with Gasteiger partial charge in [0.15, 0.2) is 11.5 Å². The molecular weight excluding hydrogens is 366 g/mol. The van der Waals surface area contributed by atoms with E-state index >= 15 is 0 Å². The van der Waals surface area contributed by atoms with Gasteiger partial charge in [0.1, 0.15) is 5.82 Å². The number of imidazole rings is 1. The van der Waals surface area contributed by atoms with Gasteiger partial charge in [-0.05, 0) is 79.6 Å². The molecule has 144 valence electrons. The third-order valence-corrected chi connectivity index (χ3v) is 5.15. The van der Waals surface area contributed by atoms with Crippen molar-refractivity contribution in [3.05, 3.63) is 71.3 Å². The fourth-order valence-electron chi connectivity index (χ4n) is 3.36. The summed E-state index contributed by atoms with van der Waals surface area (Å²) in [5.74, 6) is 1.84. The van der Waals surface area contributed by atoms with E-state index in [1.54, 1.807) is 18.2 Å². The molecule has 0 aliphatic carbocycles. The standard InChI is InChI=1S/C23H19N3O3/c1-13-9-18-19(10-14(13)2)26-22(25-18)15-3-6-17(7-4-15)24-23(27)16-5-8-20-21(11-16)29-12-28-20/h3-11H,12H2,1-2H3,(H,24,27)(H,25,26). The summed E-state index contributed by atoms with van der Waals surface area (Å²) in [5, 5.41) is 2.90. The van der Waals surface area contributed by atoms with Gasteiger partial charge in [0.05, 0.1) is 11.0 Å². The van der Waals surface area contributed by atoms with E-state index in [2.05, 4.69) is 41.3 Å². The van der Waals surface area contributed by atoms with E-state index in [0.29, 0.717) is 22.7 Å². The van der Waals surface area contributed by atoms with Gasteiger partial charge in [-0.1, -0.05) is 0 Å². The molecule has 0 bridgehead atoms. The number of aryl methyl sites for hydroxylation is 2. The molecule has 0 saturated carbocycles. The van der Waals surface area contributed by atoms with Crippen LogP contribution in [0.2, 0.25) is 0 Å². The maximum atomic E-state index is 12.5. The molecule has 0 fully saturated rings. The molecule has 2 N–H and O–H groups in total. The molecule has 0 atom stereocenters. The molecule has 1 aliphatic heterocycles. The van der Waals surface area contributed by atoms with E-state index in [4.69, 9.17) is 9.47 Å². The number of H-pyrrole nitrogens is 1. The van der Waals surface area contributed by atoms with Crippen LogP contribution in [0.25, 0.3) is 22.4 Å². The topological polar surface area (TPSA) is 76.2 Å². The van der Waals surface area contributed by atoms with Crippen LogP contribution < -0.4 is 14.8 Å². The minimum absolute atomic E-state index is 0.183. The molecule has 0 radical (unpaired) electrons. The lowest BCUT2D eigenvalue weighted by Gasteiger charge is -2.07. The highest BCUT2D eigenvalue weighted by molar-refractivity contribution is 6.04. The number of ether oxygens (including phenoxy) is 2. The largest absolute Gasteiger partial charge is 0.454 e. The molecule has 6 heteroatoms. The fourth-order valence-corrected chi connectivity index (χ4v) is 3.36. The Labute approximate surface area is 167 Å². The monoisotopic (exact) mass is 385 g/mol. The highest BCUT2D eigenvalue weighted by Gasteiger charge is 2.16. The smallest absolute Gasteiger partial charge is 0.255 e. The summed E-state index contributed by atoms with van der Waals surface area (Å²) in [6.07, 6.45) is 0. The Morgan fingerprint density at radius 3 is 2.55 bits per heavy atom. The second-order valence-electron chi connectivity index (χ2n) is 7.14. The van der Waals surface area contributed by atoms with Gasteiger partial charge in [-0.2, -0.15) is 0 Å². The third-order valence-electron chi connectivity index (χ3n) is 5.15. The summed E-state index contributed by atoms with van der Waals surface area (Å²) in [6.45, 7) is 4.36. The van der Waals surface area contributed by atoms with Crippen molar-refractivity contribution in [2.24, 2.45) is 0 Å². The number of rotatable bonds is 3. The average Bonchev–Trinajstić information content (AvgIpc) is 3.35. The zero-order chi connectivity index (χ0) is 20.0. The number of aromatic amines is 1. The lowest BCUT2D eigenvalue weighted by atomic mass is 10.1. The van der Waals surface area contributed by atoms with E-state index in [1.165, 1.54) is 11.1 Å². The molecule has 1 amide bonds. The zero-order valence-electron chi connectivity index (χ0n) is 16.1. The Balaban J connectivity index is 1.35. The van der Waals surface area contributed by atoms with Crippen molar-refractivity contribution < 1.29 is 14.3 Å². The average molecular weight is 385 g/mol. The van der Waals surface area contributed by atoms with Gasteiger partial charge < -0.3 is 19.8 Å². The minimum Gasteiger partial charge on any atom is -0.454 e. The van der Waals surface area contributed by atoms with Crippen molar-refractivity contribution in [2.75, 3.05) is 12.1 Å². The van der Waals surface area contributed by atoms with Crippen molar-refractivity contribution in [2.45, 2.75) is 13.8 Å². The van der Waals surface area contributed by atoms with E-state index in [-0.39, 0.29) is 12.7 Å². The molecular formula is C23H19N3O3. The molecule has 0 saturated heterocycles. The van der Waals surface area contributed by atoms with Crippen molar-refractivity contribution in [3.63, 3.8) is 0 Å². The van der Waals surface area contributed by atoms with Gasteiger partial charge >= 0.3 is 0 Å². The van der Waals surface area contributed by atoms with Gasteiger partial charge in [-0.25, -0.2) is 4.98 Å². The normalized spacial score (nSPS) is 12.3. The molecule has 5 rings (SSSR count). The number of hydrogen-bond acceptors (Lipinski definition) is 4. The van der Waals surface area contributed by atoms with Gasteiger partial charge in [0, 0.05) is 16.8 Å². The van der Waals surface area contributed by atoms with Crippen molar-refractivity contribution in [1.82, 2.24) is 9.97 Å². The second kappa shape index (κ2) is 6.67. The summed E-state index contributed by atoms with van der Waals surface area (Å²) < 4.78 is 10.6. The van der Waals surface area contributed by atoms with Crippen LogP contribution in [-0.4, -0.2) is 22.7 Å². The summed E-state index contributed by atoms with van der Waals surface area (Å²) in [7, 11) is 0. The quantitative estimate of drug-likeness (QED) is 0.530. The van der Waals surface area contributed by atoms with E-state index in [9.17, 15) is 4.79 Å². The number of benzene rings is 3. The Morgan fingerprint density at radius 2 is 1.72 bits per heavy atom. The van der Waals surface area contributed by atoms with Crippen molar-refractivity contribution in [1.29, 1.82) is 0 Å². The molecule has 3 aromatic carbocycles. The fraction of sp³-hybridized carbons (Fsp3) is 0.130. The van der Waals surface area contributed by atoms with Crippen LogP contribution in [0.1, 0.15) is 21.5 Å². The number of anilines is 1. The van der Waals surface area contributed by atoms with Crippen LogP contribution in [0.3, 0.4) is 0 Å². The molecule has 2 heterocycles. The Hall–Kier alpha value is -3.80. The molecule has 1 aromatic heterocycles. The van der Waals surface area contributed by atoms with Crippen molar-refractivity contribution >= 4 is 22.6 Å². The highest BCUT2D eigenvalue weighted by atomic mass is 16.7. The van der Waals surface area contributed by atoms with Gasteiger partial charge in [0.2, 0.25) is 6.79 Å².